The predicted molar refractivity (Wildman–Crippen MR) is 393 cm³/mol. The Hall–Kier alpha value is -10.9. The van der Waals surface area contributed by atoms with E-state index in [1.54, 1.807) is 38.1 Å². The van der Waals surface area contributed by atoms with Crippen LogP contribution in [0.3, 0.4) is 0 Å². The number of aliphatic hydroxyl groups excluding tert-OH is 1. The Morgan fingerprint density at radius 2 is 1.14 bits per heavy atom. The molecule has 4 aromatic rings. The summed E-state index contributed by atoms with van der Waals surface area (Å²) in [5.41, 5.74) is 24.6. The topological polar surface area (TPSA) is 651 Å². The Bertz CT molecular complexity index is 3820. The highest BCUT2D eigenvalue weighted by Gasteiger charge is 2.39. The van der Waals surface area contributed by atoms with Crippen LogP contribution >= 0.6 is 21.6 Å². The van der Waals surface area contributed by atoms with Crippen LogP contribution in [0.4, 0.5) is 0 Å². The summed E-state index contributed by atoms with van der Waals surface area (Å²) < 4.78 is 0. The number of aliphatic carboxylic acids is 2. The molecule has 0 aliphatic carbocycles. The number of carbonyl (C=O) groups is 15. The van der Waals surface area contributed by atoms with Crippen molar-refractivity contribution in [3.8, 4) is 0 Å². The lowest BCUT2D eigenvalue weighted by Crippen LogP contribution is -2.62. The molecule has 42 heteroatoms. The van der Waals surface area contributed by atoms with Gasteiger partial charge in [-0.05, 0) is 55.6 Å². The number of carboxylic acid groups (broad SMARTS) is 2. The Kier molecular flexibility index (Phi) is 35.0. The number of nitrogens with zero attached hydrogens (tertiary/aromatic N) is 3. The van der Waals surface area contributed by atoms with E-state index in [0.717, 1.165) is 28.5 Å². The summed E-state index contributed by atoms with van der Waals surface area (Å²) in [5, 5.41) is 61.1. The van der Waals surface area contributed by atoms with E-state index in [4.69, 9.17) is 22.9 Å². The molecule has 108 heavy (non-hydrogen) atoms. The van der Waals surface area contributed by atoms with Gasteiger partial charge >= 0.3 is 11.9 Å². The number of nitrogens with one attached hydrogen (secondary N) is 15. The number of fused-ring (bicyclic) bond motifs is 1. The van der Waals surface area contributed by atoms with Gasteiger partial charge < -0.3 is 117 Å². The van der Waals surface area contributed by atoms with Gasteiger partial charge in [0, 0.05) is 84.6 Å². The molecule has 0 radical (unpaired) electrons. The number of aliphatic hydroxyl groups is 1. The number of hydrogen-bond donors (Lipinski definition) is 22. The van der Waals surface area contributed by atoms with Crippen molar-refractivity contribution in [1.29, 1.82) is 0 Å². The second-order valence-corrected chi connectivity index (χ2v) is 29.0. The molecule has 4 heterocycles. The van der Waals surface area contributed by atoms with E-state index >= 15 is 0 Å². The summed E-state index contributed by atoms with van der Waals surface area (Å²) in [7, 11) is 1.65. The number of hydrogen-bond acceptors (Lipinski definition) is 22. The molecule has 0 bridgehead atoms. The van der Waals surface area contributed by atoms with Crippen LogP contribution < -0.4 is 86.7 Å². The number of H-pyrrole nitrogens is 3. The first-order chi connectivity index (χ1) is 51.1. The minimum Gasteiger partial charge on any atom is -0.481 e. The Labute approximate surface area is 628 Å². The monoisotopic (exact) mass is 1550 g/mol. The number of aliphatic imine (C=N–C) groups is 1. The number of para-hydroxylation sites is 1. The summed E-state index contributed by atoms with van der Waals surface area (Å²) in [6.07, 6.45) is 1.80. The number of nitrogens with two attached hydrogens (primary N) is 4. The maximum Gasteiger partial charge on any atom is 0.328 e. The lowest BCUT2D eigenvalue weighted by molar-refractivity contribution is -0.145. The number of imidazole rings is 2. The van der Waals surface area contributed by atoms with E-state index in [1.807, 2.05) is 0 Å². The molecule has 1 aliphatic rings. The molecule has 1 aromatic carbocycles. The number of primary amides is 1. The molecule has 0 unspecified atom stereocenters. The van der Waals surface area contributed by atoms with Crippen LogP contribution in [0, 0.1) is 17.8 Å². The van der Waals surface area contributed by atoms with Crippen LogP contribution in [0.25, 0.3) is 10.9 Å². The van der Waals surface area contributed by atoms with Crippen molar-refractivity contribution >= 4 is 127 Å². The molecule has 26 N–H and O–H groups in total. The van der Waals surface area contributed by atoms with Gasteiger partial charge in [0.2, 0.25) is 76.8 Å². The average Bonchev–Trinajstić information content (AvgIpc) is 1.65. The van der Waals surface area contributed by atoms with Crippen molar-refractivity contribution in [1.82, 2.24) is 88.7 Å². The van der Waals surface area contributed by atoms with Crippen LogP contribution in [0.15, 0.2) is 60.5 Å². The first kappa shape index (κ1) is 87.8. The van der Waals surface area contributed by atoms with E-state index in [1.165, 1.54) is 58.9 Å². The molecule has 14 atom stereocenters. The van der Waals surface area contributed by atoms with Crippen molar-refractivity contribution in [2.24, 2.45) is 45.7 Å². The van der Waals surface area contributed by atoms with Gasteiger partial charge in [0.15, 0.2) is 12.0 Å². The van der Waals surface area contributed by atoms with Crippen LogP contribution in [0.1, 0.15) is 104 Å². The second kappa shape index (κ2) is 43.1. The maximum absolute atomic E-state index is 14.9. The third kappa shape index (κ3) is 28.1. The zero-order chi connectivity index (χ0) is 80.1. The number of carbonyl (C=O) groups excluding carboxylic acids is 13. The van der Waals surface area contributed by atoms with E-state index < -0.39 is 217 Å². The molecule has 1 aliphatic heterocycles. The third-order valence-electron chi connectivity index (χ3n) is 17.2. The summed E-state index contributed by atoms with van der Waals surface area (Å²) in [5.74, 6) is -20.2. The van der Waals surface area contributed by atoms with Gasteiger partial charge in [0.25, 0.3) is 0 Å². The molecule has 0 spiro atoms. The fraction of sp³-hybridized carbons (Fsp3) is 0.545. The molecule has 13 amide bonds. The molecular formula is C66H98N22O18S2. The van der Waals surface area contributed by atoms with Gasteiger partial charge in [-0.1, -0.05) is 87.8 Å². The van der Waals surface area contributed by atoms with Crippen molar-refractivity contribution in [3.63, 3.8) is 0 Å². The molecular weight excluding hydrogens is 1450 g/mol. The van der Waals surface area contributed by atoms with Gasteiger partial charge in [-0.2, -0.15) is 0 Å². The highest BCUT2D eigenvalue weighted by atomic mass is 33.1. The number of aromatic amines is 3. The maximum atomic E-state index is 14.9. The summed E-state index contributed by atoms with van der Waals surface area (Å²) in [6.45, 7) is 9.60. The standard InChI is InChI=1S/C66H98N22O18S2/c1-8-32(6)50(68)62(102)85-46-27-108-107-26-45(61(101)88-53(33(7)89)65(105)106)84-55(95)39(14-11-17-73-66(69)70)79-58(98)43(20-36-24-72-29-77-36)82-57(97)42(19-35-23-71-28-76-35)78-48(91)25-75-54(94)41(18-34-22-74-38-13-10-9-12-37(34)38)81-59(99)44(21-49(92)93)83-56(96)40(15-16-47(67)90)80-63(103)51(30(2)3)87-64(104)52(31(4)5)86-60(46)100/h9-10,12-13,22-24,28-33,39-46,50-53,74,89H,8,11,14-21,25-27,68H2,1-7H3,(H2,67,90)(H,71,76)(H,72,77)(H,75,94)(H,78,91)(H,79,98)(H,80,103)(H,81,99)(H,82,97)(H,83,96)(H,84,95)(H,85,102)(H,86,100)(H,87,104)(H,88,101)(H,92,93)(H,105,106)(H4,69,70,73)/t32-,33+,39-,40-,41-,42-,43-,44-,45-,46-,50-,51-,52-,53-/m0/s1. The molecule has 3 aromatic heterocycles. The first-order valence-corrected chi connectivity index (χ1v) is 37.1. The van der Waals surface area contributed by atoms with Crippen molar-refractivity contribution in [2.75, 3.05) is 24.6 Å². The minimum absolute atomic E-state index is 0.0320. The van der Waals surface area contributed by atoms with E-state index in [0.29, 0.717) is 22.9 Å². The van der Waals surface area contributed by atoms with Gasteiger partial charge in [0.05, 0.1) is 37.8 Å². The van der Waals surface area contributed by atoms with Crippen LogP contribution in [0.2, 0.25) is 0 Å². The molecule has 1 fully saturated rings. The number of benzene rings is 1. The summed E-state index contributed by atoms with van der Waals surface area (Å²) in [4.78, 5) is 232. The molecule has 40 nitrogen and oxygen atoms in total. The largest absolute Gasteiger partial charge is 0.481 e. The Morgan fingerprint density at radius 1 is 0.620 bits per heavy atom. The summed E-state index contributed by atoms with van der Waals surface area (Å²) >= 11 is 0. The molecule has 5 rings (SSSR count). The lowest BCUT2D eigenvalue weighted by atomic mass is 9.98. The number of rotatable bonds is 25. The SMILES string of the molecule is CC[C@H](C)[C@H](N)C(=O)N[C@H]1CSSC[C@@H](C(=O)N[C@H](C(=O)O)[C@@H](C)O)NC(=O)[C@H](CCCN=C(N)N)NC(=O)[C@H](Cc2cnc[nH]2)NC(=O)[C@H](Cc2cnc[nH]2)NC(=O)CNC(=O)[C@H](Cc2c[nH]c3ccccc23)NC(=O)[C@H](CC(=O)O)NC(=O)[C@H](CCC(N)=O)NC(=O)[C@H](C(C)C)NC(=O)[C@H](C(C)C)NC1=O. The third-order valence-corrected chi connectivity index (χ3v) is 19.6. The lowest BCUT2D eigenvalue weighted by Gasteiger charge is -2.30. The number of aromatic nitrogens is 5. The van der Waals surface area contributed by atoms with Gasteiger partial charge in [0.1, 0.15) is 60.4 Å². The van der Waals surface area contributed by atoms with Crippen molar-refractivity contribution < 1.29 is 87.2 Å². The number of amides is 13. The molecule has 0 saturated carbocycles. The normalized spacial score (nSPS) is 23.2. The first-order valence-electron chi connectivity index (χ1n) is 34.6. The Morgan fingerprint density at radius 3 is 1.69 bits per heavy atom. The molecule has 592 valence electrons. The van der Waals surface area contributed by atoms with Crippen LogP contribution in [-0.2, 0) is 91.2 Å². The van der Waals surface area contributed by atoms with Gasteiger partial charge in [-0.25, -0.2) is 14.8 Å². The fourth-order valence-corrected chi connectivity index (χ4v) is 13.2. The summed E-state index contributed by atoms with van der Waals surface area (Å²) in [6, 6.07) is -13.1. The minimum atomic E-state index is -2.04. The highest BCUT2D eigenvalue weighted by molar-refractivity contribution is 8.76. The quantitative estimate of drug-likeness (QED) is 0.0127. The zero-order valence-electron chi connectivity index (χ0n) is 60.6. The van der Waals surface area contributed by atoms with Gasteiger partial charge in [-0.15, -0.1) is 0 Å². The van der Waals surface area contributed by atoms with E-state index in [9.17, 15) is 87.2 Å². The second-order valence-electron chi connectivity index (χ2n) is 26.4. The van der Waals surface area contributed by atoms with Crippen molar-refractivity contribution in [2.45, 2.75) is 185 Å². The molecule has 1 saturated heterocycles. The van der Waals surface area contributed by atoms with E-state index in [-0.39, 0.29) is 61.7 Å². The predicted octanol–water partition coefficient (Wildman–Crippen LogP) is -5.57. The van der Waals surface area contributed by atoms with Crippen LogP contribution in [-0.4, -0.2) is 238 Å². The van der Waals surface area contributed by atoms with Crippen LogP contribution in [0.5, 0.6) is 0 Å². The smallest absolute Gasteiger partial charge is 0.328 e. The van der Waals surface area contributed by atoms with E-state index in [2.05, 4.69) is 93.7 Å². The highest BCUT2D eigenvalue weighted by Crippen LogP contribution is 2.25. The zero-order valence-corrected chi connectivity index (χ0v) is 62.2. The number of carboxylic acids is 2. The fourth-order valence-electron chi connectivity index (χ4n) is 10.8. The average molecular weight is 1550 g/mol. The van der Waals surface area contributed by atoms with Crippen molar-refractivity contribution in [3.05, 3.63) is 72.5 Å². The van der Waals surface area contributed by atoms with Gasteiger partial charge in [-0.3, -0.25) is 72.1 Å². The Balaban J connectivity index is 1.66. The number of guanidine groups is 1.